The summed E-state index contributed by atoms with van der Waals surface area (Å²) in [5.74, 6) is -1.25. The molecule has 19 heteroatoms. The molecular weight excluding hydrogens is 1330 g/mol. The lowest BCUT2D eigenvalue weighted by Crippen LogP contribution is -2.30. The summed E-state index contributed by atoms with van der Waals surface area (Å²) in [6.45, 7) is 7.41. The predicted molar refractivity (Wildman–Crippen MR) is 418 cm³/mol. The topological polar surface area (TPSA) is 237 Å². The highest BCUT2D eigenvalue weighted by molar-refractivity contribution is 7.47. The predicted octanol–water partition coefficient (Wildman–Crippen LogP) is 25.2. The molecule has 0 saturated carbocycles. The normalized spacial score (nSPS) is 14.1. The maximum Gasteiger partial charge on any atom is 0.472 e. The van der Waals surface area contributed by atoms with E-state index in [9.17, 15) is 43.2 Å². The maximum absolute atomic E-state index is 13.1. The van der Waals surface area contributed by atoms with Crippen LogP contribution in [0.2, 0.25) is 0 Å². The molecule has 3 N–H and O–H groups in total. The molecule has 102 heavy (non-hydrogen) atoms. The average Bonchev–Trinajstić information content (AvgIpc) is 0.930. The highest BCUT2D eigenvalue weighted by Gasteiger charge is 2.30. The maximum atomic E-state index is 13.1. The van der Waals surface area contributed by atoms with Crippen LogP contribution in [-0.4, -0.2) is 96.7 Å². The smallest absolute Gasteiger partial charge is 0.462 e. The van der Waals surface area contributed by atoms with Gasteiger partial charge in [-0.2, -0.15) is 0 Å². The molecule has 0 aromatic carbocycles. The van der Waals surface area contributed by atoms with Gasteiger partial charge in [0.05, 0.1) is 26.4 Å². The first kappa shape index (κ1) is 100. The number of aliphatic hydroxyl groups is 1. The minimum Gasteiger partial charge on any atom is -0.462 e. The third-order valence-electron chi connectivity index (χ3n) is 19.9. The number of carbonyl (C=O) groups excluding carboxylic acids is 4. The van der Waals surface area contributed by atoms with Gasteiger partial charge < -0.3 is 33.8 Å². The third-order valence-corrected chi connectivity index (χ3v) is 21.8. The van der Waals surface area contributed by atoms with Gasteiger partial charge in [-0.05, 0) is 31.6 Å². The highest BCUT2D eigenvalue weighted by atomic mass is 31.2. The van der Waals surface area contributed by atoms with Crippen LogP contribution in [0.15, 0.2) is 0 Å². The fourth-order valence-corrected chi connectivity index (χ4v) is 14.5. The van der Waals surface area contributed by atoms with Gasteiger partial charge in [0.1, 0.15) is 19.3 Å². The number of ether oxygens (including phenoxy) is 4. The zero-order valence-corrected chi connectivity index (χ0v) is 68.5. The highest BCUT2D eigenvalue weighted by Crippen LogP contribution is 2.45. The van der Waals surface area contributed by atoms with Crippen LogP contribution in [0.1, 0.15) is 446 Å². The number of unbranched alkanes of at least 4 members (excludes halogenated alkanes) is 54. The summed E-state index contributed by atoms with van der Waals surface area (Å²) < 4.78 is 68.8. The van der Waals surface area contributed by atoms with E-state index in [4.69, 9.17) is 37.0 Å². The van der Waals surface area contributed by atoms with Crippen molar-refractivity contribution in [2.24, 2.45) is 5.92 Å². The van der Waals surface area contributed by atoms with E-state index in [0.29, 0.717) is 25.7 Å². The van der Waals surface area contributed by atoms with Gasteiger partial charge in [0.25, 0.3) is 0 Å². The molecule has 17 nitrogen and oxygen atoms in total. The number of hydrogen-bond donors (Lipinski definition) is 3. The van der Waals surface area contributed by atoms with E-state index in [1.165, 1.54) is 270 Å². The second-order valence-electron chi connectivity index (χ2n) is 30.1. The molecule has 0 aliphatic heterocycles. The second kappa shape index (κ2) is 75.9. The van der Waals surface area contributed by atoms with Gasteiger partial charge in [0.2, 0.25) is 0 Å². The third kappa shape index (κ3) is 74.9. The van der Waals surface area contributed by atoms with E-state index in [1.54, 1.807) is 0 Å². The number of phosphoric ester groups is 2. The summed E-state index contributed by atoms with van der Waals surface area (Å²) in [5.41, 5.74) is 0. The molecule has 0 aromatic heterocycles. The summed E-state index contributed by atoms with van der Waals surface area (Å²) in [6, 6.07) is 0. The molecule has 0 rings (SSSR count). The van der Waals surface area contributed by atoms with Crippen molar-refractivity contribution in [2.45, 2.75) is 464 Å². The Morgan fingerprint density at radius 3 is 0.696 bits per heavy atom. The monoisotopic (exact) mass is 1490 g/mol. The average molecular weight is 1490 g/mol. The molecular formula is C83H162O17P2. The molecule has 0 bridgehead atoms. The molecule has 0 spiro atoms. The Hall–Kier alpha value is -1.94. The second-order valence-corrected chi connectivity index (χ2v) is 33.0. The molecule has 0 saturated heterocycles. The van der Waals surface area contributed by atoms with E-state index in [-0.39, 0.29) is 25.7 Å². The van der Waals surface area contributed by atoms with Crippen LogP contribution in [0.5, 0.6) is 0 Å². The largest absolute Gasteiger partial charge is 0.472 e. The lowest BCUT2D eigenvalue weighted by Gasteiger charge is -2.21. The van der Waals surface area contributed by atoms with Crippen LogP contribution in [0.3, 0.4) is 0 Å². The van der Waals surface area contributed by atoms with Gasteiger partial charge in [-0.15, -0.1) is 0 Å². The van der Waals surface area contributed by atoms with Gasteiger partial charge in [0.15, 0.2) is 12.2 Å². The van der Waals surface area contributed by atoms with Crippen molar-refractivity contribution in [2.75, 3.05) is 39.6 Å². The van der Waals surface area contributed by atoms with Crippen LogP contribution < -0.4 is 0 Å². The van der Waals surface area contributed by atoms with Crippen LogP contribution in [0.25, 0.3) is 0 Å². The van der Waals surface area contributed by atoms with Crippen molar-refractivity contribution >= 4 is 39.5 Å². The van der Waals surface area contributed by atoms with Crippen LogP contribution >= 0.6 is 15.6 Å². The van der Waals surface area contributed by atoms with Crippen LogP contribution in [0, 0.1) is 5.92 Å². The molecule has 3 unspecified atom stereocenters. The Bertz CT molecular complexity index is 1950. The van der Waals surface area contributed by atoms with E-state index in [0.717, 1.165) is 95.8 Å². The molecule has 0 heterocycles. The Morgan fingerprint density at radius 1 is 0.275 bits per heavy atom. The summed E-state index contributed by atoms with van der Waals surface area (Å²) in [5, 5.41) is 10.7. The van der Waals surface area contributed by atoms with Gasteiger partial charge >= 0.3 is 39.5 Å². The number of phosphoric acid groups is 2. The Labute approximate surface area is 626 Å². The Morgan fingerprint density at radius 2 is 0.471 bits per heavy atom. The molecule has 0 aliphatic rings. The fraction of sp³-hybridized carbons (Fsp3) is 0.952. The Kier molecular flexibility index (Phi) is 74.4. The number of esters is 4. The van der Waals surface area contributed by atoms with Crippen LogP contribution in [0.4, 0.5) is 0 Å². The van der Waals surface area contributed by atoms with Crippen molar-refractivity contribution in [3.05, 3.63) is 0 Å². The first-order chi connectivity index (χ1) is 49.6. The number of rotatable bonds is 83. The zero-order chi connectivity index (χ0) is 74.8. The minimum absolute atomic E-state index is 0.108. The molecule has 0 aliphatic carbocycles. The van der Waals surface area contributed by atoms with Crippen molar-refractivity contribution < 1.29 is 80.2 Å². The van der Waals surface area contributed by atoms with E-state index in [2.05, 4.69) is 34.6 Å². The van der Waals surface area contributed by atoms with Crippen molar-refractivity contribution in [1.82, 2.24) is 0 Å². The first-order valence-electron chi connectivity index (χ1n) is 43.2. The van der Waals surface area contributed by atoms with Crippen LogP contribution in [-0.2, 0) is 65.4 Å². The summed E-state index contributed by atoms with van der Waals surface area (Å²) >= 11 is 0. The van der Waals surface area contributed by atoms with E-state index >= 15 is 0 Å². The van der Waals surface area contributed by atoms with Crippen molar-refractivity contribution in [3.63, 3.8) is 0 Å². The SMILES string of the molecule is CCCCCCCCCCCCCCCCCCCCCC(=O)O[C@H](COC(=O)CCCCCCCCCCCCCCCCC(C)CC)COP(=O)(O)OC[C@@H](O)COP(=O)(O)OC[C@@H](COC(=O)CCCCCCCCCCCCCC)OC(=O)CCCCCCCCCCCCCCC. The van der Waals surface area contributed by atoms with E-state index in [1.807, 2.05) is 0 Å². The summed E-state index contributed by atoms with van der Waals surface area (Å²) in [7, 11) is -9.92. The molecule has 6 atom stereocenters. The number of hydrogen-bond acceptors (Lipinski definition) is 15. The first-order valence-corrected chi connectivity index (χ1v) is 46.2. The van der Waals surface area contributed by atoms with Gasteiger partial charge in [0, 0.05) is 25.7 Å². The summed E-state index contributed by atoms with van der Waals surface area (Å²) in [4.78, 5) is 73.1. The quantitative estimate of drug-likeness (QED) is 0.0222. The number of carbonyl (C=O) groups is 4. The zero-order valence-electron chi connectivity index (χ0n) is 66.8. The lowest BCUT2D eigenvalue weighted by molar-refractivity contribution is -0.161. The van der Waals surface area contributed by atoms with E-state index < -0.39 is 97.5 Å². The molecule has 0 amide bonds. The standard InChI is InChI=1S/C83H162O17P2/c1-6-10-13-16-19-22-25-28-29-30-31-32-33-39-44-49-54-59-64-69-83(88)100-79(73-94-81(86)67-62-57-52-47-42-38-35-34-37-40-45-50-55-60-65-76(5)9-4)75-98-102(91,92)96-71-77(84)70-95-101(89,90)97-74-78(72-93-80(85)66-61-56-51-46-41-27-24-21-18-15-12-8-3)99-82(87)68-63-58-53-48-43-36-26-23-20-17-14-11-7-2/h76-79,84H,6-75H2,1-5H3,(H,89,90)(H,91,92)/t76?,77-,78+,79+/m0/s1. The molecule has 0 radical (unpaired) electrons. The van der Waals surface area contributed by atoms with Crippen molar-refractivity contribution in [1.29, 1.82) is 0 Å². The molecule has 606 valence electrons. The van der Waals surface area contributed by atoms with Gasteiger partial charge in [-0.3, -0.25) is 37.3 Å². The Balaban J connectivity index is 5.25. The fourth-order valence-electron chi connectivity index (χ4n) is 12.9. The van der Waals surface area contributed by atoms with Gasteiger partial charge in [-0.25, -0.2) is 9.13 Å². The summed E-state index contributed by atoms with van der Waals surface area (Å²) in [6.07, 6.45) is 67.8. The molecule has 0 fully saturated rings. The minimum atomic E-state index is -4.96. The van der Waals surface area contributed by atoms with Gasteiger partial charge in [-0.1, -0.05) is 394 Å². The molecule has 0 aromatic rings. The lowest BCUT2D eigenvalue weighted by atomic mass is 9.99. The van der Waals surface area contributed by atoms with Crippen molar-refractivity contribution in [3.8, 4) is 0 Å². The number of aliphatic hydroxyl groups excluding tert-OH is 1.